The van der Waals surface area contributed by atoms with Crippen molar-refractivity contribution in [3.05, 3.63) is 22.8 Å². The maximum absolute atomic E-state index is 6.15. The summed E-state index contributed by atoms with van der Waals surface area (Å²) in [4.78, 5) is 6.73. The van der Waals surface area contributed by atoms with Gasteiger partial charge in [-0.2, -0.15) is 0 Å². The average Bonchev–Trinajstić information content (AvgIpc) is 2.42. The Morgan fingerprint density at radius 3 is 3.05 bits per heavy atom. The molecule has 1 fully saturated rings. The molecule has 4 nitrogen and oxygen atoms in total. The normalized spacial score (nSPS) is 23.7. The average molecular weight is 284 g/mol. The summed E-state index contributed by atoms with van der Waals surface area (Å²) in [5.41, 5.74) is 1.08. The maximum atomic E-state index is 6.15. The molecule has 0 spiro atoms. The number of nitrogens with one attached hydrogen (secondary N) is 1. The lowest BCUT2D eigenvalue weighted by molar-refractivity contribution is 0.0496. The van der Waals surface area contributed by atoms with Gasteiger partial charge in [-0.1, -0.05) is 18.5 Å². The molecule has 2 heterocycles. The molecule has 0 radical (unpaired) electrons. The van der Waals surface area contributed by atoms with Gasteiger partial charge in [0.15, 0.2) is 0 Å². The molecule has 2 rings (SSSR count). The highest BCUT2D eigenvalue weighted by Gasteiger charge is 2.26. The third-order valence-electron chi connectivity index (χ3n) is 3.80. The smallest absolute Gasteiger partial charge is 0.128 e. The molecule has 1 aliphatic rings. The first-order chi connectivity index (χ1) is 9.15. The Bertz CT molecular complexity index is 427. The van der Waals surface area contributed by atoms with E-state index in [9.17, 15) is 0 Å². The number of rotatable bonds is 4. The second kappa shape index (κ2) is 6.55. The summed E-state index contributed by atoms with van der Waals surface area (Å²) in [6.45, 7) is 4.92. The molecular formula is C14H22ClN3O. The van der Waals surface area contributed by atoms with E-state index >= 15 is 0 Å². The topological polar surface area (TPSA) is 37.4 Å². The second-order valence-electron chi connectivity index (χ2n) is 5.15. The van der Waals surface area contributed by atoms with Crippen LogP contribution < -0.4 is 10.2 Å². The number of nitrogens with zero attached hydrogens (tertiary/aromatic N) is 2. The van der Waals surface area contributed by atoms with Gasteiger partial charge in [0, 0.05) is 32.9 Å². The van der Waals surface area contributed by atoms with E-state index in [0.29, 0.717) is 10.9 Å². The van der Waals surface area contributed by atoms with Gasteiger partial charge in [-0.05, 0) is 31.0 Å². The van der Waals surface area contributed by atoms with E-state index in [2.05, 4.69) is 28.2 Å². The molecule has 0 aromatic carbocycles. The number of hydrogen-bond donors (Lipinski definition) is 1. The summed E-state index contributed by atoms with van der Waals surface area (Å²) >= 11 is 6.15. The fourth-order valence-electron chi connectivity index (χ4n) is 2.52. The van der Waals surface area contributed by atoms with Crippen molar-refractivity contribution in [2.45, 2.75) is 26.0 Å². The van der Waals surface area contributed by atoms with Crippen LogP contribution >= 0.6 is 11.6 Å². The summed E-state index contributed by atoms with van der Waals surface area (Å²) in [6, 6.07) is 2.07. The molecule has 0 aliphatic carbocycles. The Labute approximate surface area is 120 Å². The quantitative estimate of drug-likeness (QED) is 0.920. The molecule has 0 amide bonds. The number of methoxy groups -OCH3 is 1. The highest BCUT2D eigenvalue weighted by molar-refractivity contribution is 6.31. The zero-order chi connectivity index (χ0) is 13.8. The van der Waals surface area contributed by atoms with Gasteiger partial charge in [-0.15, -0.1) is 0 Å². The third kappa shape index (κ3) is 3.38. The van der Waals surface area contributed by atoms with Crippen LogP contribution in [0.25, 0.3) is 0 Å². The SMILES string of the molecule is CNCc1cc(N2CCC(C)C(OC)C2)ncc1Cl. The molecule has 1 aromatic heterocycles. The first-order valence-corrected chi connectivity index (χ1v) is 7.10. The van der Waals surface area contributed by atoms with Gasteiger partial charge in [0.2, 0.25) is 0 Å². The largest absolute Gasteiger partial charge is 0.379 e. The van der Waals surface area contributed by atoms with Crippen molar-refractivity contribution in [3.63, 3.8) is 0 Å². The van der Waals surface area contributed by atoms with Crippen molar-refractivity contribution < 1.29 is 4.74 Å². The Morgan fingerprint density at radius 1 is 1.58 bits per heavy atom. The molecule has 0 saturated carbocycles. The van der Waals surface area contributed by atoms with Crippen molar-refractivity contribution in [1.82, 2.24) is 10.3 Å². The molecule has 1 aliphatic heterocycles. The Morgan fingerprint density at radius 2 is 2.37 bits per heavy atom. The minimum Gasteiger partial charge on any atom is -0.379 e. The Hall–Kier alpha value is -0.840. The number of hydrogen-bond acceptors (Lipinski definition) is 4. The molecule has 5 heteroatoms. The van der Waals surface area contributed by atoms with Crippen molar-refractivity contribution >= 4 is 17.4 Å². The summed E-state index contributed by atoms with van der Waals surface area (Å²) in [5.74, 6) is 1.59. The number of halogens is 1. The van der Waals surface area contributed by atoms with Crippen LogP contribution in [0.15, 0.2) is 12.3 Å². The molecule has 2 atom stereocenters. The lowest BCUT2D eigenvalue weighted by Crippen LogP contribution is -2.44. The predicted octanol–water partition coefficient (Wildman–Crippen LogP) is 2.32. The zero-order valence-electron chi connectivity index (χ0n) is 11.8. The monoisotopic (exact) mass is 283 g/mol. The molecule has 1 saturated heterocycles. The van der Waals surface area contributed by atoms with E-state index < -0.39 is 0 Å². The molecule has 0 bridgehead atoms. The standard InChI is InChI=1S/C14H22ClN3O/c1-10-4-5-18(9-13(10)19-3)14-6-11(7-16-2)12(15)8-17-14/h6,8,10,13,16H,4-5,7,9H2,1-3H3. The van der Waals surface area contributed by atoms with E-state index in [1.54, 1.807) is 13.3 Å². The second-order valence-corrected chi connectivity index (χ2v) is 5.56. The summed E-state index contributed by atoms with van der Waals surface area (Å²) in [6.07, 6.45) is 3.15. The number of ether oxygens (including phenoxy) is 1. The lowest BCUT2D eigenvalue weighted by atomic mass is 9.96. The molecular weight excluding hydrogens is 262 g/mol. The minimum absolute atomic E-state index is 0.277. The number of aromatic nitrogens is 1. The van der Waals surface area contributed by atoms with Crippen LogP contribution in [-0.4, -0.2) is 38.3 Å². The number of anilines is 1. The van der Waals surface area contributed by atoms with Gasteiger partial charge in [-0.25, -0.2) is 4.98 Å². The number of piperidine rings is 1. The lowest BCUT2D eigenvalue weighted by Gasteiger charge is -2.37. The van der Waals surface area contributed by atoms with E-state index in [1.165, 1.54) is 0 Å². The fourth-order valence-corrected chi connectivity index (χ4v) is 2.69. The Balaban J connectivity index is 2.15. The summed E-state index contributed by atoms with van der Waals surface area (Å²) in [5, 5.41) is 3.84. The van der Waals surface area contributed by atoms with Crippen LogP contribution in [0.5, 0.6) is 0 Å². The van der Waals surface area contributed by atoms with Crippen LogP contribution in [0.4, 0.5) is 5.82 Å². The molecule has 2 unspecified atom stereocenters. The maximum Gasteiger partial charge on any atom is 0.128 e. The Kier molecular flexibility index (Phi) is 5.02. The van der Waals surface area contributed by atoms with E-state index in [0.717, 1.165) is 37.4 Å². The highest BCUT2D eigenvalue weighted by atomic mass is 35.5. The van der Waals surface area contributed by atoms with Crippen molar-refractivity contribution in [2.24, 2.45) is 5.92 Å². The van der Waals surface area contributed by atoms with Crippen LogP contribution in [0.3, 0.4) is 0 Å². The molecule has 106 valence electrons. The predicted molar refractivity (Wildman–Crippen MR) is 78.8 cm³/mol. The molecule has 1 N–H and O–H groups in total. The molecule has 1 aromatic rings. The molecule has 19 heavy (non-hydrogen) atoms. The summed E-state index contributed by atoms with van der Waals surface area (Å²) < 4.78 is 5.55. The minimum atomic E-state index is 0.277. The van der Waals surface area contributed by atoms with Gasteiger partial charge in [0.05, 0.1) is 11.1 Å². The van der Waals surface area contributed by atoms with Gasteiger partial charge in [-0.3, -0.25) is 0 Å². The van der Waals surface area contributed by atoms with Crippen molar-refractivity contribution in [2.75, 3.05) is 32.1 Å². The zero-order valence-corrected chi connectivity index (χ0v) is 12.6. The first kappa shape index (κ1) is 14.6. The van der Waals surface area contributed by atoms with Crippen molar-refractivity contribution in [3.8, 4) is 0 Å². The highest BCUT2D eigenvalue weighted by Crippen LogP contribution is 2.26. The van der Waals surface area contributed by atoms with Crippen LogP contribution in [-0.2, 0) is 11.3 Å². The first-order valence-electron chi connectivity index (χ1n) is 6.72. The van der Waals surface area contributed by atoms with Gasteiger partial charge in [0.25, 0.3) is 0 Å². The van der Waals surface area contributed by atoms with E-state index in [-0.39, 0.29) is 6.10 Å². The van der Waals surface area contributed by atoms with E-state index in [1.807, 2.05) is 7.05 Å². The van der Waals surface area contributed by atoms with Crippen LogP contribution in [0.1, 0.15) is 18.9 Å². The van der Waals surface area contributed by atoms with E-state index in [4.69, 9.17) is 16.3 Å². The number of pyridine rings is 1. The van der Waals surface area contributed by atoms with Crippen LogP contribution in [0, 0.1) is 5.92 Å². The fraction of sp³-hybridized carbons (Fsp3) is 0.643. The van der Waals surface area contributed by atoms with Crippen molar-refractivity contribution in [1.29, 1.82) is 0 Å². The third-order valence-corrected chi connectivity index (χ3v) is 4.14. The van der Waals surface area contributed by atoms with Crippen LogP contribution in [0.2, 0.25) is 5.02 Å². The summed E-state index contributed by atoms with van der Waals surface area (Å²) in [7, 11) is 3.70. The van der Waals surface area contributed by atoms with Gasteiger partial charge in [0.1, 0.15) is 5.82 Å². The van der Waals surface area contributed by atoms with Gasteiger partial charge >= 0.3 is 0 Å². The van der Waals surface area contributed by atoms with Gasteiger partial charge < -0.3 is 15.0 Å².